The van der Waals surface area contributed by atoms with E-state index in [-0.39, 0.29) is 25.4 Å². The molecule has 0 unspecified atom stereocenters. The first-order valence-corrected chi connectivity index (χ1v) is 15.9. The van der Waals surface area contributed by atoms with E-state index >= 15 is 0 Å². The Labute approximate surface area is 273 Å². The number of allylic oxidation sites excluding steroid dienone is 6. The predicted octanol–water partition coefficient (Wildman–Crippen LogP) is 0.120. The molecule has 4 aliphatic rings. The second kappa shape index (κ2) is 16.6. The van der Waals surface area contributed by atoms with E-state index in [1.165, 1.54) is 12.2 Å². The van der Waals surface area contributed by atoms with E-state index in [4.69, 9.17) is 29.4 Å². The van der Waals surface area contributed by atoms with Crippen molar-refractivity contribution in [3.63, 3.8) is 0 Å². The van der Waals surface area contributed by atoms with Crippen LogP contribution in [0.15, 0.2) is 60.8 Å². The normalized spacial score (nSPS) is 47.2. The molecular weight excluding hydrogens is 618 g/mol. The number of carboxylic acid groups (broad SMARTS) is 1. The third kappa shape index (κ3) is 10.6. The van der Waals surface area contributed by atoms with Crippen molar-refractivity contribution in [2.24, 2.45) is 11.7 Å². The van der Waals surface area contributed by atoms with Crippen LogP contribution in [-0.4, -0.2) is 122 Å². The fraction of sp³-hybridized carbons (Fsp3) is 0.636. The first kappa shape index (κ1) is 37.1. The van der Waals surface area contributed by atoms with Gasteiger partial charge in [-0.2, -0.15) is 0 Å². The summed E-state index contributed by atoms with van der Waals surface area (Å²) >= 11 is 0. The molecule has 4 aliphatic heterocycles. The van der Waals surface area contributed by atoms with Gasteiger partial charge >= 0.3 is 11.9 Å². The van der Waals surface area contributed by atoms with Gasteiger partial charge in [-0.05, 0) is 19.9 Å². The van der Waals surface area contributed by atoms with Crippen LogP contribution in [0.5, 0.6) is 0 Å². The third-order valence-electron chi connectivity index (χ3n) is 8.58. The number of carbonyl (C=O) groups is 2. The molecule has 3 fully saturated rings. The molecule has 3 saturated heterocycles. The molecule has 2 bridgehead atoms. The predicted molar refractivity (Wildman–Crippen MR) is 165 cm³/mol. The number of cyclic esters (lactones) is 1. The number of nitrogens with two attached hydrogens (primary N) is 1. The van der Waals surface area contributed by atoms with E-state index in [2.05, 4.69) is 0 Å². The Morgan fingerprint density at radius 3 is 2.36 bits per heavy atom. The van der Waals surface area contributed by atoms with E-state index in [9.17, 15) is 40.2 Å². The van der Waals surface area contributed by atoms with Crippen molar-refractivity contribution in [1.82, 2.24) is 0 Å². The third-order valence-corrected chi connectivity index (χ3v) is 8.58. The van der Waals surface area contributed by atoms with E-state index in [1.807, 2.05) is 6.08 Å². The summed E-state index contributed by atoms with van der Waals surface area (Å²) in [5, 5.41) is 63.9. The van der Waals surface area contributed by atoms with Crippen molar-refractivity contribution in [2.45, 2.75) is 125 Å². The minimum atomic E-state index is -2.10. The summed E-state index contributed by atoms with van der Waals surface area (Å²) in [6.45, 7) is 3.34. The molecule has 0 spiro atoms. The Kier molecular flexibility index (Phi) is 13.1. The van der Waals surface area contributed by atoms with Gasteiger partial charge in [0.1, 0.15) is 24.2 Å². The number of hydrogen-bond acceptors (Lipinski definition) is 13. The van der Waals surface area contributed by atoms with Gasteiger partial charge in [0, 0.05) is 38.2 Å². The van der Waals surface area contributed by atoms with Gasteiger partial charge in [-0.25, -0.2) is 4.79 Å². The zero-order valence-corrected chi connectivity index (χ0v) is 26.4. The van der Waals surface area contributed by atoms with Crippen LogP contribution >= 0.6 is 0 Å². The Morgan fingerprint density at radius 1 is 0.936 bits per heavy atom. The Balaban J connectivity index is 1.58. The molecule has 0 saturated carbocycles. The van der Waals surface area contributed by atoms with Crippen molar-refractivity contribution in [1.29, 1.82) is 0 Å². The first-order valence-electron chi connectivity index (χ1n) is 15.9. The number of aliphatic hydroxyl groups is 5. The lowest BCUT2D eigenvalue weighted by atomic mass is 9.83. The van der Waals surface area contributed by atoms with Gasteiger partial charge in [0.2, 0.25) is 0 Å². The number of esters is 1. The molecule has 0 aromatic rings. The van der Waals surface area contributed by atoms with Crippen molar-refractivity contribution in [3.05, 3.63) is 60.8 Å². The fourth-order valence-electron chi connectivity index (χ4n) is 6.00. The van der Waals surface area contributed by atoms with Crippen molar-refractivity contribution in [3.8, 4) is 0 Å². The lowest BCUT2D eigenvalue weighted by molar-refractivity contribution is -0.308. The Bertz CT molecular complexity index is 1220. The molecule has 0 radical (unpaired) electrons. The van der Waals surface area contributed by atoms with E-state index in [0.29, 0.717) is 6.42 Å². The van der Waals surface area contributed by atoms with Crippen LogP contribution < -0.4 is 5.73 Å². The molecule has 262 valence electrons. The van der Waals surface area contributed by atoms with Gasteiger partial charge in [0.15, 0.2) is 12.1 Å². The van der Waals surface area contributed by atoms with Crippen LogP contribution in [0.4, 0.5) is 0 Å². The molecule has 0 amide bonds. The molecule has 8 N–H and O–H groups in total. The van der Waals surface area contributed by atoms with Gasteiger partial charge in [-0.3, -0.25) is 4.79 Å². The van der Waals surface area contributed by atoms with Gasteiger partial charge in [-0.1, -0.05) is 48.6 Å². The second-order valence-electron chi connectivity index (χ2n) is 12.6. The largest absolute Gasteiger partial charge is 0.481 e. The van der Waals surface area contributed by atoms with Gasteiger partial charge < -0.3 is 60.1 Å². The van der Waals surface area contributed by atoms with Gasteiger partial charge in [-0.15, -0.1) is 0 Å². The molecular formula is C33H47NO13. The fourth-order valence-corrected chi connectivity index (χ4v) is 6.00. The molecule has 14 atom stereocenters. The molecule has 4 heterocycles. The minimum absolute atomic E-state index is 0.0789. The highest BCUT2D eigenvalue weighted by molar-refractivity contribution is 5.82. The van der Waals surface area contributed by atoms with Crippen LogP contribution in [0.25, 0.3) is 0 Å². The van der Waals surface area contributed by atoms with E-state index in [0.717, 1.165) is 0 Å². The van der Waals surface area contributed by atoms with Crippen molar-refractivity contribution >= 4 is 11.9 Å². The smallest absolute Gasteiger partial charge is 0.330 e. The topological polar surface area (TPSA) is 231 Å². The monoisotopic (exact) mass is 665 g/mol. The molecule has 0 aliphatic carbocycles. The molecule has 4 rings (SSSR count). The number of epoxide rings is 1. The maximum Gasteiger partial charge on any atom is 0.330 e. The van der Waals surface area contributed by atoms with Gasteiger partial charge in [0.25, 0.3) is 0 Å². The average Bonchev–Trinajstić information content (AvgIpc) is 3.72. The standard InChI is InChI=1S/C33H47NO13/c1-18-10-8-6-4-3-5-7-9-11-21(45-32-30(39)28(34)29(38)19(2)44-32)15-25-27(31(40)41)22(36)17-33(42,47-25)16-20(35)14-24-23(46-24)12-13-26(37)43-18/h3-9,11-13,18-25,27-30,32,35-36,38-39,42H,10,14-17,34H2,1-2H3,(H,40,41)/b4-3-,7-5-,8-6-,11-9-,13-12-/t18-,19+,20-,21+,22-,23-,24-,25-,27-,28-,29-,30+,32-,33-/m0/s1. The summed E-state index contributed by atoms with van der Waals surface area (Å²) in [5.41, 5.74) is 5.98. The summed E-state index contributed by atoms with van der Waals surface area (Å²) in [6, 6.07) is -1.08. The number of fused-ring (bicyclic) bond motifs is 3. The number of ether oxygens (including phenoxy) is 5. The van der Waals surface area contributed by atoms with Crippen LogP contribution in [0.3, 0.4) is 0 Å². The number of aliphatic hydroxyl groups excluding tert-OH is 4. The summed E-state index contributed by atoms with van der Waals surface area (Å²) in [5.74, 6) is -5.45. The lowest BCUT2D eigenvalue weighted by Gasteiger charge is -2.45. The summed E-state index contributed by atoms with van der Waals surface area (Å²) in [7, 11) is 0. The highest BCUT2D eigenvalue weighted by Gasteiger charge is 2.51. The van der Waals surface area contributed by atoms with Crippen molar-refractivity contribution in [2.75, 3.05) is 0 Å². The minimum Gasteiger partial charge on any atom is -0.481 e. The first-order chi connectivity index (χ1) is 22.3. The number of carboxylic acids is 1. The van der Waals surface area contributed by atoms with E-state index in [1.54, 1.807) is 56.4 Å². The number of aliphatic carboxylic acids is 1. The van der Waals surface area contributed by atoms with Crippen LogP contribution in [-0.2, 0) is 33.3 Å². The Hall–Kier alpha value is -2.76. The number of hydrogen-bond donors (Lipinski definition) is 7. The zero-order valence-electron chi connectivity index (χ0n) is 26.4. The molecule has 14 heteroatoms. The van der Waals surface area contributed by atoms with E-state index < -0.39 is 97.3 Å². The quantitative estimate of drug-likeness (QED) is 0.157. The summed E-state index contributed by atoms with van der Waals surface area (Å²) in [6.07, 6.45) is 5.25. The average molecular weight is 666 g/mol. The van der Waals surface area contributed by atoms with Crippen LogP contribution in [0.1, 0.15) is 46.0 Å². The summed E-state index contributed by atoms with van der Waals surface area (Å²) in [4.78, 5) is 24.4. The SMILES string of the molecule is C[C@H]1C\C=C/C=C\C=C/C=C\[C@@H](O[C@@H]2O[C@H](C)[C@H](O)[C@H](N)[C@H]2O)C[C@@H]2O[C@@](O)(C[C@@H](O)C[C@@H]3O[C@H]3/C=C\C(=O)O1)C[C@H](O)[C@@H]2C(=O)O. The molecule has 14 nitrogen and oxygen atoms in total. The lowest BCUT2D eigenvalue weighted by Crippen LogP contribution is -2.61. The molecule has 0 aromatic carbocycles. The zero-order chi connectivity index (χ0) is 34.3. The maximum atomic E-state index is 12.3. The Morgan fingerprint density at radius 2 is 1.64 bits per heavy atom. The highest BCUT2D eigenvalue weighted by atomic mass is 16.7. The molecule has 47 heavy (non-hydrogen) atoms. The summed E-state index contributed by atoms with van der Waals surface area (Å²) < 4.78 is 28.5. The van der Waals surface area contributed by atoms with Crippen molar-refractivity contribution < 1.29 is 63.9 Å². The maximum absolute atomic E-state index is 12.3. The van der Waals surface area contributed by atoms with Crippen LogP contribution in [0.2, 0.25) is 0 Å². The van der Waals surface area contributed by atoms with Crippen LogP contribution in [0, 0.1) is 5.92 Å². The second-order valence-corrected chi connectivity index (χ2v) is 12.6. The number of rotatable bonds is 3. The number of carbonyl (C=O) groups excluding carboxylic acids is 1. The highest BCUT2D eigenvalue weighted by Crippen LogP contribution is 2.39. The van der Waals surface area contributed by atoms with Gasteiger partial charge in [0.05, 0.1) is 48.8 Å². The molecule has 0 aromatic heterocycles.